The highest BCUT2D eigenvalue weighted by molar-refractivity contribution is 6.42. The number of halogens is 2. The molecule has 27 heavy (non-hydrogen) atoms. The molecular formula is C19H20Cl2N2O4. The molecule has 3 aliphatic rings. The number of carbonyl (C=O) groups is 2. The second-order valence-corrected chi connectivity index (χ2v) is 8.49. The summed E-state index contributed by atoms with van der Waals surface area (Å²) in [4.78, 5) is 25.5. The predicted molar refractivity (Wildman–Crippen MR) is 101 cm³/mol. The number of rotatable bonds is 4. The molecule has 3 fully saturated rings. The van der Waals surface area contributed by atoms with Gasteiger partial charge in [-0.05, 0) is 42.9 Å². The lowest BCUT2D eigenvalue weighted by molar-refractivity contribution is -0.136. The Morgan fingerprint density at radius 3 is 2.63 bits per heavy atom. The molecule has 3 saturated heterocycles. The fourth-order valence-corrected chi connectivity index (χ4v) is 6.05. The summed E-state index contributed by atoms with van der Waals surface area (Å²) in [5, 5.41) is 20.0. The first-order valence-electron chi connectivity index (χ1n) is 8.91. The van der Waals surface area contributed by atoms with Crippen LogP contribution in [0.4, 0.5) is 0 Å². The first kappa shape index (κ1) is 18.7. The Morgan fingerprint density at radius 1 is 1.26 bits per heavy atom. The van der Waals surface area contributed by atoms with Gasteiger partial charge in [-0.1, -0.05) is 29.3 Å². The Kier molecular flexibility index (Phi) is 4.50. The van der Waals surface area contributed by atoms with E-state index in [0.717, 1.165) is 24.5 Å². The quantitative estimate of drug-likeness (QED) is 0.659. The van der Waals surface area contributed by atoms with Crippen LogP contribution in [0.3, 0.4) is 0 Å². The number of carboxylic acids is 2. The lowest BCUT2D eigenvalue weighted by Crippen LogP contribution is -2.55. The smallest absolute Gasteiger partial charge is 0.333 e. The molecule has 0 spiro atoms. The van der Waals surface area contributed by atoms with Crippen molar-refractivity contribution in [2.45, 2.75) is 42.8 Å². The predicted octanol–water partition coefficient (Wildman–Crippen LogP) is 2.74. The molecule has 4 bridgehead atoms. The summed E-state index contributed by atoms with van der Waals surface area (Å²) in [6, 6.07) is 5.40. The van der Waals surface area contributed by atoms with E-state index in [0.29, 0.717) is 23.0 Å². The molecule has 6 nitrogen and oxygen atoms in total. The van der Waals surface area contributed by atoms with E-state index in [1.165, 1.54) is 0 Å². The Bertz CT molecular complexity index is 858. The molecule has 0 saturated carbocycles. The second-order valence-electron chi connectivity index (χ2n) is 7.68. The SMILES string of the molecule is NC1CN2[C@H]3CC[C@]2(/C(=C/C(=O)O)C(=O)O)[C@H]1[C@@H](c1ccc(Cl)c(Cl)c1)C3. The van der Waals surface area contributed by atoms with Gasteiger partial charge in [-0.2, -0.15) is 0 Å². The summed E-state index contributed by atoms with van der Waals surface area (Å²) in [5.41, 5.74) is 6.54. The van der Waals surface area contributed by atoms with Crippen LogP contribution in [-0.4, -0.2) is 51.2 Å². The zero-order valence-corrected chi connectivity index (χ0v) is 16.0. The monoisotopic (exact) mass is 410 g/mol. The van der Waals surface area contributed by atoms with E-state index in [-0.39, 0.29) is 29.5 Å². The van der Waals surface area contributed by atoms with Gasteiger partial charge in [0.2, 0.25) is 0 Å². The highest BCUT2D eigenvalue weighted by Crippen LogP contribution is 2.60. The normalized spacial score (nSPS) is 37.4. The van der Waals surface area contributed by atoms with Gasteiger partial charge in [-0.25, -0.2) is 9.59 Å². The molecule has 0 aliphatic carbocycles. The van der Waals surface area contributed by atoms with Crippen LogP contribution in [0.1, 0.15) is 30.7 Å². The molecule has 6 atom stereocenters. The summed E-state index contributed by atoms with van der Waals surface area (Å²) >= 11 is 12.3. The van der Waals surface area contributed by atoms with Gasteiger partial charge >= 0.3 is 11.9 Å². The lowest BCUT2D eigenvalue weighted by Gasteiger charge is -2.47. The molecule has 3 heterocycles. The maximum Gasteiger partial charge on any atom is 0.333 e. The zero-order valence-electron chi connectivity index (χ0n) is 14.4. The number of aliphatic carboxylic acids is 2. The highest BCUT2D eigenvalue weighted by atomic mass is 35.5. The standard InChI is InChI=1S/C19H20Cl2N2O4/c20-13-2-1-9(5-14(13)21)11-6-10-3-4-19(12(18(26)27)7-16(24)25)17(11)15(22)8-23(10)19/h1-2,5,7,10-11,15,17H,3-4,6,8,22H2,(H,24,25)(H,26,27)/b12-7+/t10-,11+,15?,17-,19-/m0/s1. The van der Waals surface area contributed by atoms with Crippen molar-refractivity contribution in [2.75, 3.05) is 6.54 Å². The van der Waals surface area contributed by atoms with E-state index < -0.39 is 17.5 Å². The van der Waals surface area contributed by atoms with Crippen LogP contribution in [0.2, 0.25) is 10.0 Å². The third-order valence-corrected chi connectivity index (χ3v) is 7.27. The second kappa shape index (κ2) is 6.48. The first-order chi connectivity index (χ1) is 12.8. The van der Waals surface area contributed by atoms with Crippen LogP contribution < -0.4 is 5.73 Å². The Labute approximate surface area is 166 Å². The number of piperidine rings is 1. The minimum atomic E-state index is -1.25. The minimum Gasteiger partial charge on any atom is -0.478 e. The maximum absolute atomic E-state index is 12.0. The van der Waals surface area contributed by atoms with Crippen molar-refractivity contribution in [1.82, 2.24) is 4.90 Å². The van der Waals surface area contributed by atoms with Crippen LogP contribution in [0.5, 0.6) is 0 Å². The molecule has 0 aromatic heterocycles. The van der Waals surface area contributed by atoms with Crippen LogP contribution in [0.25, 0.3) is 0 Å². The van der Waals surface area contributed by atoms with Crippen molar-refractivity contribution in [2.24, 2.45) is 11.7 Å². The Hall–Kier alpha value is -1.60. The minimum absolute atomic E-state index is 0.00226. The summed E-state index contributed by atoms with van der Waals surface area (Å²) < 4.78 is 0. The summed E-state index contributed by atoms with van der Waals surface area (Å²) in [7, 11) is 0. The lowest BCUT2D eigenvalue weighted by atomic mass is 9.66. The van der Waals surface area contributed by atoms with E-state index in [2.05, 4.69) is 4.90 Å². The van der Waals surface area contributed by atoms with Crippen molar-refractivity contribution in [3.63, 3.8) is 0 Å². The Morgan fingerprint density at radius 2 is 2.00 bits per heavy atom. The fourth-order valence-electron chi connectivity index (χ4n) is 5.74. The molecule has 4 rings (SSSR count). The fraction of sp³-hybridized carbons (Fsp3) is 0.474. The summed E-state index contributed by atoms with van der Waals surface area (Å²) in [6.07, 6.45) is 3.11. The molecule has 0 amide bonds. The molecule has 3 aliphatic heterocycles. The van der Waals surface area contributed by atoms with Crippen LogP contribution >= 0.6 is 23.2 Å². The molecule has 0 radical (unpaired) electrons. The van der Waals surface area contributed by atoms with E-state index >= 15 is 0 Å². The third kappa shape index (κ3) is 2.70. The molecule has 1 aromatic rings. The van der Waals surface area contributed by atoms with Crippen molar-refractivity contribution in [3.8, 4) is 0 Å². The van der Waals surface area contributed by atoms with Crippen LogP contribution in [0, 0.1) is 5.92 Å². The van der Waals surface area contributed by atoms with Gasteiger partial charge in [-0.15, -0.1) is 0 Å². The number of nitrogens with zero attached hydrogens (tertiary/aromatic N) is 1. The van der Waals surface area contributed by atoms with Crippen molar-refractivity contribution in [3.05, 3.63) is 45.5 Å². The zero-order chi connectivity index (χ0) is 19.5. The molecular weight excluding hydrogens is 391 g/mol. The van der Waals surface area contributed by atoms with Gasteiger partial charge in [0.15, 0.2) is 0 Å². The number of benzene rings is 1. The van der Waals surface area contributed by atoms with Gasteiger partial charge in [0.25, 0.3) is 0 Å². The van der Waals surface area contributed by atoms with Crippen LogP contribution in [-0.2, 0) is 9.59 Å². The van der Waals surface area contributed by atoms with Crippen LogP contribution in [0.15, 0.2) is 29.8 Å². The molecule has 8 heteroatoms. The number of nitrogens with two attached hydrogens (primary N) is 1. The van der Waals surface area contributed by atoms with Crippen molar-refractivity contribution in [1.29, 1.82) is 0 Å². The van der Waals surface area contributed by atoms with Gasteiger partial charge in [0.1, 0.15) is 0 Å². The van der Waals surface area contributed by atoms with Gasteiger partial charge in [0, 0.05) is 30.6 Å². The van der Waals surface area contributed by atoms with Crippen molar-refractivity contribution < 1.29 is 19.8 Å². The maximum atomic E-state index is 12.0. The van der Waals surface area contributed by atoms with E-state index in [4.69, 9.17) is 28.9 Å². The Balaban J connectivity index is 1.86. The number of hydrogen-bond donors (Lipinski definition) is 3. The van der Waals surface area contributed by atoms with Gasteiger partial charge in [0.05, 0.1) is 21.2 Å². The largest absolute Gasteiger partial charge is 0.478 e. The van der Waals surface area contributed by atoms with Gasteiger partial charge in [-0.3, -0.25) is 4.90 Å². The molecule has 2 unspecified atom stereocenters. The van der Waals surface area contributed by atoms with E-state index in [9.17, 15) is 19.8 Å². The average Bonchev–Trinajstić information content (AvgIpc) is 2.93. The molecule has 1 aromatic carbocycles. The van der Waals surface area contributed by atoms with E-state index in [1.807, 2.05) is 12.1 Å². The number of carboxylic acid groups (broad SMARTS) is 2. The average molecular weight is 411 g/mol. The first-order valence-corrected chi connectivity index (χ1v) is 9.67. The summed E-state index contributed by atoms with van der Waals surface area (Å²) in [6.45, 7) is 0.567. The van der Waals surface area contributed by atoms with E-state index in [1.54, 1.807) is 6.07 Å². The van der Waals surface area contributed by atoms with Crippen molar-refractivity contribution >= 4 is 35.1 Å². The molecule has 144 valence electrons. The third-order valence-electron chi connectivity index (χ3n) is 6.53. The number of hydrogen-bond acceptors (Lipinski definition) is 4. The summed E-state index contributed by atoms with van der Waals surface area (Å²) in [5.74, 6) is -2.65. The topological polar surface area (TPSA) is 104 Å². The van der Waals surface area contributed by atoms with Gasteiger partial charge < -0.3 is 15.9 Å². The highest BCUT2D eigenvalue weighted by Gasteiger charge is 2.66. The molecule has 4 N–H and O–H groups in total.